The van der Waals surface area contributed by atoms with Gasteiger partial charge in [-0.1, -0.05) is 12.2 Å². The van der Waals surface area contributed by atoms with E-state index in [2.05, 4.69) is 18.5 Å². The Balaban J connectivity index is 1.88. The molecule has 1 N–H and O–H groups in total. The van der Waals surface area contributed by atoms with E-state index in [-0.39, 0.29) is 42.6 Å². The summed E-state index contributed by atoms with van der Waals surface area (Å²) in [6, 6.07) is 5.58. The van der Waals surface area contributed by atoms with Crippen molar-refractivity contribution in [2.45, 2.75) is 24.8 Å². The van der Waals surface area contributed by atoms with Gasteiger partial charge in [0.05, 0.1) is 23.6 Å². The quantitative estimate of drug-likeness (QED) is 0.444. The Morgan fingerprint density at radius 2 is 1.76 bits per heavy atom. The van der Waals surface area contributed by atoms with Gasteiger partial charge >= 0.3 is 6.09 Å². The predicted molar refractivity (Wildman–Crippen MR) is 147 cm³/mol. The molecule has 2 aromatic rings. The Labute approximate surface area is 227 Å². The minimum atomic E-state index is -3.80. The standard InChI is InChI=1S/C26H32N4O6S2/c1-6-14-30(15-7-2)38(34,35)19-11-9-18(10-12-19)23(31)27-24-22(25(32)28(4)5)20-13-16-29(17-21(20)37-24)26(33)36-8-3/h6-7,9-12H,1-2,8,13-17H2,3-5H3,(H,27,31). The van der Waals surface area contributed by atoms with Crippen LogP contribution in [0.1, 0.15) is 38.1 Å². The highest BCUT2D eigenvalue weighted by Gasteiger charge is 2.31. The van der Waals surface area contributed by atoms with Gasteiger partial charge in [0.25, 0.3) is 11.8 Å². The van der Waals surface area contributed by atoms with Crippen molar-refractivity contribution in [2.75, 3.05) is 45.7 Å². The Morgan fingerprint density at radius 3 is 2.32 bits per heavy atom. The lowest BCUT2D eigenvalue weighted by Gasteiger charge is -2.26. The average Bonchev–Trinajstić information content (AvgIpc) is 3.24. The fourth-order valence-electron chi connectivity index (χ4n) is 3.97. The Hall–Kier alpha value is -3.48. The van der Waals surface area contributed by atoms with E-state index in [1.165, 1.54) is 57.0 Å². The number of sulfonamides is 1. The fourth-order valence-corrected chi connectivity index (χ4v) is 6.61. The first-order chi connectivity index (χ1) is 18.0. The first-order valence-corrected chi connectivity index (χ1v) is 14.2. The van der Waals surface area contributed by atoms with Crippen LogP contribution in [0.25, 0.3) is 0 Å². The van der Waals surface area contributed by atoms with E-state index >= 15 is 0 Å². The number of nitrogens with zero attached hydrogens (tertiary/aromatic N) is 3. The number of ether oxygens (including phenoxy) is 1. The van der Waals surface area contributed by atoms with Crippen LogP contribution in [0, 0.1) is 0 Å². The normalized spacial score (nSPS) is 13.0. The van der Waals surface area contributed by atoms with E-state index in [0.29, 0.717) is 23.5 Å². The van der Waals surface area contributed by atoms with Gasteiger partial charge in [0.1, 0.15) is 5.00 Å². The van der Waals surface area contributed by atoms with Gasteiger partial charge in [0.15, 0.2) is 0 Å². The zero-order valence-corrected chi connectivity index (χ0v) is 23.4. The lowest BCUT2D eigenvalue weighted by atomic mass is 10.0. The van der Waals surface area contributed by atoms with Crippen LogP contribution in [-0.4, -0.2) is 80.8 Å². The van der Waals surface area contributed by atoms with Crippen molar-refractivity contribution in [3.05, 3.63) is 71.1 Å². The molecule has 10 nitrogen and oxygen atoms in total. The summed E-state index contributed by atoms with van der Waals surface area (Å²) in [6.45, 7) is 10.1. The van der Waals surface area contributed by atoms with Crippen molar-refractivity contribution in [1.82, 2.24) is 14.1 Å². The number of carbonyl (C=O) groups excluding carboxylic acids is 3. The number of hydrogen-bond acceptors (Lipinski definition) is 7. The number of anilines is 1. The van der Waals surface area contributed by atoms with E-state index < -0.39 is 22.0 Å². The third-order valence-corrected chi connectivity index (χ3v) is 8.83. The molecule has 2 heterocycles. The number of amides is 3. The van der Waals surface area contributed by atoms with Crippen LogP contribution in [0.5, 0.6) is 0 Å². The highest BCUT2D eigenvalue weighted by Crippen LogP contribution is 2.38. The Bertz CT molecular complexity index is 1320. The Kier molecular flexibility index (Phi) is 9.47. The number of benzene rings is 1. The lowest BCUT2D eigenvalue weighted by molar-refractivity contribution is 0.0827. The highest BCUT2D eigenvalue weighted by molar-refractivity contribution is 7.89. The van der Waals surface area contributed by atoms with Gasteiger partial charge in [-0.3, -0.25) is 9.59 Å². The summed E-state index contributed by atoms with van der Waals surface area (Å²) >= 11 is 1.24. The minimum Gasteiger partial charge on any atom is -0.450 e. The van der Waals surface area contributed by atoms with E-state index in [4.69, 9.17) is 4.74 Å². The molecule has 3 amide bonds. The van der Waals surface area contributed by atoms with Crippen molar-refractivity contribution in [1.29, 1.82) is 0 Å². The van der Waals surface area contributed by atoms with E-state index in [1.807, 2.05) is 0 Å². The van der Waals surface area contributed by atoms with Gasteiger partial charge < -0.3 is 19.9 Å². The summed E-state index contributed by atoms with van der Waals surface area (Å²) < 4.78 is 32.2. The van der Waals surface area contributed by atoms with E-state index in [9.17, 15) is 22.8 Å². The van der Waals surface area contributed by atoms with Gasteiger partial charge in [0, 0.05) is 44.2 Å². The van der Waals surface area contributed by atoms with E-state index in [0.717, 1.165) is 10.4 Å². The molecule has 0 bridgehead atoms. The molecule has 0 saturated heterocycles. The van der Waals surface area contributed by atoms with Crippen LogP contribution in [0.3, 0.4) is 0 Å². The number of thiophene rings is 1. The molecule has 0 spiro atoms. The number of rotatable bonds is 10. The topological polar surface area (TPSA) is 116 Å². The molecule has 0 aliphatic carbocycles. The van der Waals surface area contributed by atoms with Crippen LogP contribution in [0.2, 0.25) is 0 Å². The molecule has 0 unspecified atom stereocenters. The Morgan fingerprint density at radius 1 is 1.13 bits per heavy atom. The molecule has 3 rings (SSSR count). The second kappa shape index (κ2) is 12.4. The van der Waals surface area contributed by atoms with Gasteiger partial charge in [-0.2, -0.15) is 4.31 Å². The molecule has 204 valence electrons. The molecule has 12 heteroatoms. The molecular formula is C26H32N4O6S2. The van der Waals surface area contributed by atoms with Crippen LogP contribution >= 0.6 is 11.3 Å². The van der Waals surface area contributed by atoms with Crippen molar-refractivity contribution in [3.63, 3.8) is 0 Å². The van der Waals surface area contributed by atoms with Crippen LogP contribution in [0.4, 0.5) is 9.80 Å². The van der Waals surface area contributed by atoms with Crippen LogP contribution in [-0.2, 0) is 27.7 Å². The molecule has 1 aliphatic rings. The summed E-state index contributed by atoms with van der Waals surface area (Å²) in [5, 5.41) is 3.20. The van der Waals surface area contributed by atoms with E-state index in [1.54, 1.807) is 25.9 Å². The van der Waals surface area contributed by atoms with Gasteiger partial charge in [-0.05, 0) is 43.2 Å². The van der Waals surface area contributed by atoms with Crippen LogP contribution in [0.15, 0.2) is 54.5 Å². The summed E-state index contributed by atoms with van der Waals surface area (Å²) in [4.78, 5) is 42.2. The largest absolute Gasteiger partial charge is 0.450 e. The second-order valence-corrected chi connectivity index (χ2v) is 11.7. The minimum absolute atomic E-state index is 0.0341. The summed E-state index contributed by atoms with van der Waals surface area (Å²) in [5.74, 6) is -0.745. The average molecular weight is 561 g/mol. The molecule has 0 radical (unpaired) electrons. The SMILES string of the molecule is C=CCN(CC=C)S(=O)(=O)c1ccc(C(=O)Nc2sc3c(c2C(=O)N(C)C)CCN(C(=O)OCC)C3)cc1. The van der Waals surface area contributed by atoms with Crippen LogP contribution < -0.4 is 5.32 Å². The molecule has 1 aromatic carbocycles. The number of carbonyl (C=O) groups is 3. The maximum absolute atomic E-state index is 13.1. The van der Waals surface area contributed by atoms with Gasteiger partial charge in [-0.25, -0.2) is 13.2 Å². The third-order valence-electron chi connectivity index (χ3n) is 5.85. The molecule has 38 heavy (non-hydrogen) atoms. The molecule has 0 fully saturated rings. The smallest absolute Gasteiger partial charge is 0.410 e. The summed E-state index contributed by atoms with van der Waals surface area (Å²) in [5.41, 5.74) is 1.43. The molecular weight excluding hydrogens is 528 g/mol. The number of fused-ring (bicyclic) bond motifs is 1. The molecule has 0 atom stereocenters. The zero-order valence-electron chi connectivity index (χ0n) is 21.7. The summed E-state index contributed by atoms with van der Waals surface area (Å²) in [7, 11) is -0.541. The third kappa shape index (κ3) is 6.14. The first-order valence-electron chi connectivity index (χ1n) is 12.0. The zero-order chi connectivity index (χ0) is 28.0. The highest BCUT2D eigenvalue weighted by atomic mass is 32.2. The molecule has 1 aliphatic heterocycles. The second-order valence-electron chi connectivity index (χ2n) is 8.66. The lowest BCUT2D eigenvalue weighted by Crippen LogP contribution is -2.36. The van der Waals surface area contributed by atoms with Crippen molar-refractivity contribution in [2.24, 2.45) is 0 Å². The monoisotopic (exact) mass is 560 g/mol. The van der Waals surface area contributed by atoms with Gasteiger partial charge in [0.2, 0.25) is 10.0 Å². The van der Waals surface area contributed by atoms with Crippen molar-refractivity contribution in [3.8, 4) is 0 Å². The number of nitrogens with one attached hydrogen (secondary N) is 1. The van der Waals surface area contributed by atoms with Crippen molar-refractivity contribution < 1.29 is 27.5 Å². The van der Waals surface area contributed by atoms with Crippen molar-refractivity contribution >= 4 is 44.3 Å². The van der Waals surface area contributed by atoms with Gasteiger partial charge in [-0.15, -0.1) is 24.5 Å². The fraction of sp³-hybridized carbons (Fsp3) is 0.346. The molecule has 0 saturated carbocycles. The first kappa shape index (κ1) is 29.1. The molecule has 1 aromatic heterocycles. The summed E-state index contributed by atoms with van der Waals surface area (Å²) in [6.07, 6.45) is 3.00. The maximum atomic E-state index is 13.1. The number of hydrogen-bond donors (Lipinski definition) is 1. The maximum Gasteiger partial charge on any atom is 0.410 e. The predicted octanol–water partition coefficient (Wildman–Crippen LogP) is 3.58.